The van der Waals surface area contributed by atoms with Crippen molar-refractivity contribution in [1.82, 2.24) is 0 Å². The van der Waals surface area contributed by atoms with Gasteiger partial charge in [0.2, 0.25) is 0 Å². The van der Waals surface area contributed by atoms with Crippen LogP contribution in [0.25, 0.3) is 0 Å². The normalized spacial score (nSPS) is 22.6. The van der Waals surface area contributed by atoms with Gasteiger partial charge in [-0.15, -0.1) is 0 Å². The van der Waals surface area contributed by atoms with E-state index >= 15 is 0 Å². The first-order chi connectivity index (χ1) is 9.92. The van der Waals surface area contributed by atoms with Crippen molar-refractivity contribution in [2.45, 2.75) is 31.7 Å². The highest BCUT2D eigenvalue weighted by Crippen LogP contribution is 2.27. The molecule has 1 saturated heterocycles. The lowest BCUT2D eigenvalue weighted by atomic mass is 10.0. The lowest BCUT2D eigenvalue weighted by molar-refractivity contribution is -0.218. The lowest BCUT2D eigenvalue weighted by Crippen LogP contribution is -2.27. The van der Waals surface area contributed by atoms with Gasteiger partial charge in [-0.25, -0.2) is 0 Å². The molecule has 104 valence electrons. The lowest BCUT2D eigenvalue weighted by Gasteiger charge is -2.30. The Kier molecular flexibility index (Phi) is 4.46. The number of hydrogen-bond donors (Lipinski definition) is 0. The van der Waals surface area contributed by atoms with E-state index in [0.29, 0.717) is 0 Å². The van der Waals surface area contributed by atoms with Crippen molar-refractivity contribution in [2.24, 2.45) is 0 Å². The molecular weight excluding hydrogens is 248 g/mol. The van der Waals surface area contributed by atoms with Gasteiger partial charge in [0.15, 0.2) is 6.29 Å². The van der Waals surface area contributed by atoms with Gasteiger partial charge in [-0.1, -0.05) is 60.7 Å². The zero-order valence-corrected chi connectivity index (χ0v) is 11.6. The van der Waals surface area contributed by atoms with Crippen molar-refractivity contribution in [3.8, 4) is 0 Å². The van der Waals surface area contributed by atoms with E-state index in [9.17, 15) is 0 Å². The Morgan fingerprint density at radius 2 is 1.60 bits per heavy atom. The van der Waals surface area contributed by atoms with E-state index in [4.69, 9.17) is 9.47 Å². The molecule has 2 aromatic carbocycles. The van der Waals surface area contributed by atoms with Crippen molar-refractivity contribution in [3.63, 3.8) is 0 Å². The van der Waals surface area contributed by atoms with E-state index in [1.165, 1.54) is 5.56 Å². The van der Waals surface area contributed by atoms with Gasteiger partial charge in [0.1, 0.15) is 0 Å². The molecule has 0 aromatic heterocycles. The number of rotatable bonds is 4. The molecule has 0 radical (unpaired) electrons. The Hall–Kier alpha value is -1.64. The van der Waals surface area contributed by atoms with Gasteiger partial charge in [-0.2, -0.15) is 0 Å². The largest absolute Gasteiger partial charge is 0.348 e. The van der Waals surface area contributed by atoms with Crippen molar-refractivity contribution < 1.29 is 9.47 Å². The van der Waals surface area contributed by atoms with Crippen LogP contribution >= 0.6 is 0 Å². The Bertz CT molecular complexity index is 509. The molecule has 0 bridgehead atoms. The minimum atomic E-state index is -0.203. The van der Waals surface area contributed by atoms with Gasteiger partial charge in [0, 0.05) is 5.56 Å². The number of ether oxygens (including phenoxy) is 2. The van der Waals surface area contributed by atoms with Crippen LogP contribution in [0.4, 0.5) is 0 Å². The van der Waals surface area contributed by atoms with Crippen LogP contribution in [0.15, 0.2) is 60.7 Å². The number of hydrogen-bond acceptors (Lipinski definition) is 2. The topological polar surface area (TPSA) is 18.5 Å². The molecule has 0 aliphatic carbocycles. The molecular formula is C18H20O2. The minimum absolute atomic E-state index is 0.203. The van der Waals surface area contributed by atoms with Gasteiger partial charge < -0.3 is 9.47 Å². The maximum atomic E-state index is 6.07. The fraction of sp³-hybridized carbons (Fsp3) is 0.333. The van der Waals surface area contributed by atoms with Crippen LogP contribution in [0, 0.1) is 0 Å². The second kappa shape index (κ2) is 6.69. The Morgan fingerprint density at radius 1 is 0.900 bits per heavy atom. The van der Waals surface area contributed by atoms with Crippen LogP contribution in [0.3, 0.4) is 0 Å². The van der Waals surface area contributed by atoms with Crippen molar-refractivity contribution >= 4 is 0 Å². The summed E-state index contributed by atoms with van der Waals surface area (Å²) in [5.41, 5.74) is 2.48. The molecule has 1 heterocycles. The third kappa shape index (κ3) is 3.47. The quantitative estimate of drug-likeness (QED) is 0.830. The molecule has 1 aliphatic heterocycles. The third-order valence-electron chi connectivity index (χ3n) is 3.69. The van der Waals surface area contributed by atoms with Crippen LogP contribution in [0.1, 0.15) is 30.3 Å². The van der Waals surface area contributed by atoms with Crippen LogP contribution in [0.2, 0.25) is 0 Å². The monoisotopic (exact) mass is 268 g/mol. The van der Waals surface area contributed by atoms with Gasteiger partial charge in [0.25, 0.3) is 0 Å². The standard InChI is InChI=1S/C18H20O2/c1-3-7-15(8-4-1)11-12-17-13-14-19-18(20-17)16-9-5-2-6-10-16/h1-10,17-18H,11-14H2/t17-,18+/m0/s1. The fourth-order valence-electron chi connectivity index (χ4n) is 2.56. The second-order valence-electron chi connectivity index (χ2n) is 5.18. The van der Waals surface area contributed by atoms with Gasteiger partial charge >= 0.3 is 0 Å². The maximum Gasteiger partial charge on any atom is 0.184 e. The molecule has 0 unspecified atom stereocenters. The van der Waals surface area contributed by atoms with Crippen LogP contribution in [0.5, 0.6) is 0 Å². The molecule has 20 heavy (non-hydrogen) atoms. The Labute approximate surface area is 120 Å². The molecule has 3 rings (SSSR count). The highest BCUT2D eigenvalue weighted by atomic mass is 16.7. The average molecular weight is 268 g/mol. The van der Waals surface area contributed by atoms with Crippen LogP contribution in [-0.4, -0.2) is 12.7 Å². The van der Waals surface area contributed by atoms with Crippen molar-refractivity contribution in [1.29, 1.82) is 0 Å². The number of benzene rings is 2. The van der Waals surface area contributed by atoms with Gasteiger partial charge in [0.05, 0.1) is 12.7 Å². The van der Waals surface area contributed by atoms with Crippen LogP contribution in [-0.2, 0) is 15.9 Å². The summed E-state index contributed by atoms with van der Waals surface area (Å²) in [4.78, 5) is 0. The van der Waals surface area contributed by atoms with Crippen LogP contribution < -0.4 is 0 Å². The smallest absolute Gasteiger partial charge is 0.184 e. The predicted molar refractivity (Wildman–Crippen MR) is 79.4 cm³/mol. The molecule has 2 heteroatoms. The summed E-state index contributed by atoms with van der Waals surface area (Å²) in [7, 11) is 0. The summed E-state index contributed by atoms with van der Waals surface area (Å²) >= 11 is 0. The minimum Gasteiger partial charge on any atom is -0.348 e. The maximum absolute atomic E-state index is 6.07. The van der Waals surface area contributed by atoms with E-state index < -0.39 is 0 Å². The second-order valence-corrected chi connectivity index (χ2v) is 5.18. The van der Waals surface area contributed by atoms with Crippen molar-refractivity contribution in [3.05, 3.63) is 71.8 Å². The van der Waals surface area contributed by atoms with Gasteiger partial charge in [-0.3, -0.25) is 0 Å². The molecule has 2 atom stereocenters. The Balaban J connectivity index is 1.56. The van der Waals surface area contributed by atoms with Gasteiger partial charge in [-0.05, 0) is 24.8 Å². The molecule has 0 amide bonds. The molecule has 0 saturated carbocycles. The summed E-state index contributed by atoms with van der Waals surface area (Å²) in [6.07, 6.45) is 3.18. The molecule has 1 fully saturated rings. The molecule has 0 spiro atoms. The summed E-state index contributed by atoms with van der Waals surface area (Å²) < 4.78 is 11.8. The SMILES string of the molecule is c1ccc(CC[C@H]2CCO[C@@H](c3ccccc3)O2)cc1. The fourth-order valence-corrected chi connectivity index (χ4v) is 2.56. The first-order valence-electron chi connectivity index (χ1n) is 7.28. The zero-order valence-electron chi connectivity index (χ0n) is 11.6. The highest BCUT2D eigenvalue weighted by molar-refractivity contribution is 5.17. The zero-order chi connectivity index (χ0) is 13.6. The van der Waals surface area contributed by atoms with Crippen molar-refractivity contribution in [2.75, 3.05) is 6.61 Å². The molecule has 2 aromatic rings. The molecule has 1 aliphatic rings. The molecule has 0 N–H and O–H groups in total. The van der Waals surface area contributed by atoms with E-state index in [-0.39, 0.29) is 12.4 Å². The van der Waals surface area contributed by atoms with E-state index in [0.717, 1.165) is 31.4 Å². The summed E-state index contributed by atoms with van der Waals surface area (Å²) in [6, 6.07) is 20.8. The molecule has 2 nitrogen and oxygen atoms in total. The average Bonchev–Trinajstić information content (AvgIpc) is 2.55. The summed E-state index contributed by atoms with van der Waals surface area (Å²) in [6.45, 7) is 0.777. The summed E-state index contributed by atoms with van der Waals surface area (Å²) in [5.74, 6) is 0. The van der Waals surface area contributed by atoms with E-state index in [1.807, 2.05) is 18.2 Å². The first kappa shape index (κ1) is 13.3. The predicted octanol–water partition coefficient (Wildman–Crippen LogP) is 4.12. The van der Waals surface area contributed by atoms with E-state index in [1.54, 1.807) is 0 Å². The summed E-state index contributed by atoms with van der Waals surface area (Å²) in [5, 5.41) is 0. The third-order valence-corrected chi connectivity index (χ3v) is 3.69. The highest BCUT2D eigenvalue weighted by Gasteiger charge is 2.23. The number of aryl methyl sites for hydroxylation is 1. The first-order valence-corrected chi connectivity index (χ1v) is 7.28. The van der Waals surface area contributed by atoms with E-state index in [2.05, 4.69) is 42.5 Å². The Morgan fingerprint density at radius 3 is 2.35 bits per heavy atom.